The summed E-state index contributed by atoms with van der Waals surface area (Å²) >= 11 is 1.68. The molecule has 0 saturated carbocycles. The van der Waals surface area contributed by atoms with E-state index in [0.717, 1.165) is 71.3 Å². The van der Waals surface area contributed by atoms with Gasteiger partial charge in [-0.25, -0.2) is 4.99 Å². The van der Waals surface area contributed by atoms with Crippen LogP contribution in [0.5, 0.6) is 0 Å². The fourth-order valence-electron chi connectivity index (χ4n) is 8.84. The highest BCUT2D eigenvalue weighted by Crippen LogP contribution is 2.46. The number of rotatable bonds is 5. The number of aliphatic imine (C=N–C) groups is 1. The number of aromatic nitrogens is 1. The Kier molecular flexibility index (Phi) is 12.3. The second-order valence-electron chi connectivity index (χ2n) is 15.7. The van der Waals surface area contributed by atoms with Gasteiger partial charge in [0.15, 0.2) is 0 Å². The van der Waals surface area contributed by atoms with Gasteiger partial charge in [0, 0.05) is 37.5 Å². The maximum absolute atomic E-state index is 9.34. The molecule has 9 aromatic rings. The van der Waals surface area contributed by atoms with Gasteiger partial charge in [-0.3, -0.25) is 4.90 Å². The van der Waals surface area contributed by atoms with E-state index in [1.165, 1.54) is 34.5 Å². The van der Waals surface area contributed by atoms with Gasteiger partial charge in [-0.15, -0.1) is 11.3 Å². The number of hydrogen-bond donors (Lipinski definition) is 2. The first-order valence-electron chi connectivity index (χ1n) is 21.7. The van der Waals surface area contributed by atoms with Crippen molar-refractivity contribution < 1.29 is 0 Å². The molecule has 316 valence electrons. The van der Waals surface area contributed by atoms with Crippen molar-refractivity contribution in [2.45, 2.75) is 13.3 Å². The fourth-order valence-corrected chi connectivity index (χ4v) is 10.0. The molecule has 0 radical (unpaired) electrons. The molecular formula is C59H49N5S. The number of thiophene rings is 1. The lowest BCUT2D eigenvalue weighted by Crippen LogP contribution is -2.24. The second kappa shape index (κ2) is 18.8. The Balaban J connectivity index is 0.000000537. The summed E-state index contributed by atoms with van der Waals surface area (Å²) in [4.78, 5) is 9.05. The molecule has 11 rings (SSSR count). The quantitative estimate of drug-likeness (QED) is 0.169. The molecule has 3 N–H and O–H groups in total. The predicted molar refractivity (Wildman–Crippen MR) is 281 cm³/mol. The lowest BCUT2D eigenvalue weighted by Gasteiger charge is -2.31. The van der Waals surface area contributed by atoms with Crippen molar-refractivity contribution in [2.24, 2.45) is 10.7 Å². The Hall–Kier alpha value is -7.90. The molecular weight excluding hydrogens is 811 g/mol. The molecule has 2 aliphatic rings. The SMILES string of the molecule is C=N/C(=C1\C(=N)C=Cc2cc(-c3ccccc3)sc21)N1C(=C)c2ccccc2/C=C\Cc2cc(-c3cccc4c3c3ccccc3n4-c3ccccc3)ccc21.CN.Cc1ccccc1. The van der Waals surface area contributed by atoms with Gasteiger partial charge in [0.05, 0.1) is 28.0 Å². The van der Waals surface area contributed by atoms with Crippen LogP contribution in [0.2, 0.25) is 0 Å². The summed E-state index contributed by atoms with van der Waals surface area (Å²) in [5, 5.41) is 11.8. The number of anilines is 1. The zero-order valence-electron chi connectivity index (χ0n) is 36.6. The number of nitrogens with two attached hydrogens (primary N) is 1. The number of allylic oxidation sites excluding steroid dienone is 3. The van der Waals surface area contributed by atoms with Crippen molar-refractivity contribution in [1.82, 2.24) is 4.57 Å². The molecule has 65 heavy (non-hydrogen) atoms. The largest absolute Gasteiger partial charge is 0.333 e. The summed E-state index contributed by atoms with van der Waals surface area (Å²) in [6, 6.07) is 63.9. The van der Waals surface area contributed by atoms with E-state index in [2.05, 4.69) is 193 Å². The molecule has 0 saturated heterocycles. The van der Waals surface area contributed by atoms with E-state index < -0.39 is 0 Å². The molecule has 0 fully saturated rings. The van der Waals surface area contributed by atoms with Gasteiger partial charge in [0.2, 0.25) is 0 Å². The number of aryl methyl sites for hydroxylation is 1. The van der Waals surface area contributed by atoms with Crippen LogP contribution >= 0.6 is 11.3 Å². The van der Waals surface area contributed by atoms with Crippen molar-refractivity contribution in [3.05, 3.63) is 239 Å². The van der Waals surface area contributed by atoms with Gasteiger partial charge >= 0.3 is 0 Å². The first-order valence-corrected chi connectivity index (χ1v) is 22.5. The molecule has 1 aliphatic carbocycles. The van der Waals surface area contributed by atoms with Gasteiger partial charge in [-0.2, -0.15) is 0 Å². The number of fused-ring (bicyclic) bond motifs is 6. The molecule has 6 heteroatoms. The van der Waals surface area contributed by atoms with E-state index in [0.29, 0.717) is 18.0 Å². The number of nitrogens with one attached hydrogen (secondary N) is 1. The van der Waals surface area contributed by atoms with Crippen molar-refractivity contribution in [3.63, 3.8) is 0 Å². The van der Waals surface area contributed by atoms with Gasteiger partial charge in [0.1, 0.15) is 5.82 Å². The number of benzene rings is 7. The van der Waals surface area contributed by atoms with E-state index in [-0.39, 0.29) is 0 Å². The minimum atomic E-state index is 0.389. The third-order valence-corrected chi connectivity index (χ3v) is 13.0. The summed E-state index contributed by atoms with van der Waals surface area (Å²) in [7, 11) is 1.50. The van der Waals surface area contributed by atoms with Gasteiger partial charge in [-0.05, 0) is 109 Å². The average Bonchev–Trinajstić information content (AvgIpc) is 3.96. The van der Waals surface area contributed by atoms with Gasteiger partial charge in [-0.1, -0.05) is 170 Å². The van der Waals surface area contributed by atoms with Crippen LogP contribution in [-0.2, 0) is 6.42 Å². The highest BCUT2D eigenvalue weighted by molar-refractivity contribution is 7.17. The summed E-state index contributed by atoms with van der Waals surface area (Å²) in [6.07, 6.45) is 9.02. The molecule has 1 aliphatic heterocycles. The van der Waals surface area contributed by atoms with E-state index in [1.807, 2.05) is 42.5 Å². The van der Waals surface area contributed by atoms with Gasteiger partial charge in [0.25, 0.3) is 0 Å². The lowest BCUT2D eigenvalue weighted by molar-refractivity contribution is 1.12. The topological polar surface area (TPSA) is 70.4 Å². The maximum atomic E-state index is 9.34. The molecule has 3 heterocycles. The number of nitrogens with zero attached hydrogens (tertiary/aromatic N) is 3. The Morgan fingerprint density at radius 3 is 2.05 bits per heavy atom. The van der Waals surface area contributed by atoms with Crippen molar-refractivity contribution in [1.29, 1.82) is 5.41 Å². The average molecular weight is 860 g/mol. The van der Waals surface area contributed by atoms with Crippen LogP contribution in [0.4, 0.5) is 5.69 Å². The zero-order chi connectivity index (χ0) is 44.9. The van der Waals surface area contributed by atoms with Crippen LogP contribution in [0.3, 0.4) is 0 Å². The normalized spacial score (nSPS) is 14.0. The van der Waals surface area contributed by atoms with Crippen LogP contribution in [0.1, 0.15) is 32.7 Å². The third kappa shape index (κ3) is 8.13. The van der Waals surface area contributed by atoms with E-state index in [4.69, 9.17) is 11.6 Å². The molecule has 0 bridgehead atoms. The first-order chi connectivity index (χ1) is 32.0. The molecule has 2 aromatic heterocycles. The lowest BCUT2D eigenvalue weighted by atomic mass is 9.94. The minimum absolute atomic E-state index is 0.389. The maximum Gasteiger partial charge on any atom is 0.147 e. The molecule has 5 nitrogen and oxygen atoms in total. The zero-order valence-corrected chi connectivity index (χ0v) is 37.4. The van der Waals surface area contributed by atoms with Crippen LogP contribution in [0.15, 0.2) is 212 Å². The Morgan fingerprint density at radius 1 is 0.646 bits per heavy atom. The smallest absolute Gasteiger partial charge is 0.147 e. The summed E-state index contributed by atoms with van der Waals surface area (Å²) < 4.78 is 2.36. The molecule has 0 unspecified atom stereocenters. The van der Waals surface area contributed by atoms with E-state index >= 15 is 0 Å². The predicted octanol–water partition coefficient (Wildman–Crippen LogP) is 14.9. The fraction of sp³-hybridized carbons (Fsp3) is 0.0508. The molecule has 0 atom stereocenters. The summed E-state index contributed by atoms with van der Waals surface area (Å²) in [6.45, 7) is 11.0. The Morgan fingerprint density at radius 2 is 1.31 bits per heavy atom. The van der Waals surface area contributed by atoms with Gasteiger partial charge < -0.3 is 15.7 Å². The molecule has 0 spiro atoms. The van der Waals surface area contributed by atoms with Crippen LogP contribution < -0.4 is 10.6 Å². The Labute approximate surface area is 385 Å². The highest BCUT2D eigenvalue weighted by Gasteiger charge is 2.30. The van der Waals surface area contributed by atoms with Crippen molar-refractivity contribution >= 4 is 74.7 Å². The van der Waals surface area contributed by atoms with Crippen LogP contribution in [-0.4, -0.2) is 24.0 Å². The van der Waals surface area contributed by atoms with Crippen molar-refractivity contribution in [3.8, 4) is 27.3 Å². The minimum Gasteiger partial charge on any atom is -0.333 e. The third-order valence-electron chi connectivity index (χ3n) is 11.8. The highest BCUT2D eigenvalue weighted by atomic mass is 32.1. The molecule has 7 aromatic carbocycles. The van der Waals surface area contributed by atoms with E-state index in [9.17, 15) is 5.41 Å². The van der Waals surface area contributed by atoms with E-state index in [1.54, 1.807) is 11.3 Å². The standard InChI is InChI=1S/C51H36N4S.C7H8.CH5N/c1-33-40-22-10-9-15-34(40)18-13-19-37-31-36(41-24-14-26-46-48(41)42-23-11-12-25-45(42)55(46)39-20-7-4-8-21-39)28-30-44(37)54(33)51(53-2)49-43(52)29-27-38-32-47(56-50(38)49)35-16-5-3-6-17-35;1-7-5-3-2-4-6-7;1-2/h3-18,20-32,52H,1-2,19H2;2-6H,1H3;2H2,1H3/b18-13-,51-49-,52-43?;;. The number of hydrogen-bond acceptors (Lipinski definition) is 5. The first kappa shape index (κ1) is 42.4. The Bertz CT molecular complexity index is 3310. The summed E-state index contributed by atoms with van der Waals surface area (Å²) in [5.41, 5.74) is 19.8. The van der Waals surface area contributed by atoms with Crippen LogP contribution in [0, 0.1) is 12.3 Å². The molecule has 0 amide bonds. The summed E-state index contributed by atoms with van der Waals surface area (Å²) in [5.74, 6) is 0.589. The monoisotopic (exact) mass is 859 g/mol. The number of para-hydroxylation sites is 2. The second-order valence-corrected chi connectivity index (χ2v) is 16.8. The van der Waals surface area contributed by atoms with Crippen LogP contribution in [0.25, 0.3) is 72.5 Å². The van der Waals surface area contributed by atoms with Crippen molar-refractivity contribution in [2.75, 3.05) is 11.9 Å².